The van der Waals surface area contributed by atoms with E-state index in [1.165, 1.54) is 0 Å². The number of anilines is 1. The highest BCUT2D eigenvalue weighted by Crippen LogP contribution is 2.14. The predicted molar refractivity (Wildman–Crippen MR) is 77.2 cm³/mol. The van der Waals surface area contributed by atoms with Crippen LogP contribution in [0.1, 0.15) is 29.4 Å². The van der Waals surface area contributed by atoms with E-state index in [0.29, 0.717) is 11.4 Å². The van der Waals surface area contributed by atoms with Gasteiger partial charge in [-0.2, -0.15) is 0 Å². The van der Waals surface area contributed by atoms with Crippen molar-refractivity contribution in [2.24, 2.45) is 0 Å². The molecule has 2 heterocycles. The van der Waals surface area contributed by atoms with Crippen molar-refractivity contribution >= 4 is 21.6 Å². The summed E-state index contributed by atoms with van der Waals surface area (Å²) in [5.41, 5.74) is 7.00. The Balaban J connectivity index is 2.17. The summed E-state index contributed by atoms with van der Waals surface area (Å²) in [7, 11) is -2.99. The quantitative estimate of drug-likeness (QED) is 0.876. The Hall–Kier alpha value is -1.63. The molecular formula is C13H19N3O3S. The van der Waals surface area contributed by atoms with Crippen LogP contribution in [0.2, 0.25) is 0 Å². The minimum absolute atomic E-state index is 0.0289. The molecule has 2 rings (SSSR count). The lowest BCUT2D eigenvalue weighted by Crippen LogP contribution is -2.43. The molecule has 1 amide bonds. The molecule has 0 unspecified atom stereocenters. The van der Waals surface area contributed by atoms with Crippen LogP contribution in [-0.4, -0.2) is 48.8 Å². The van der Waals surface area contributed by atoms with Crippen LogP contribution in [0.25, 0.3) is 0 Å². The molecule has 2 N–H and O–H groups in total. The smallest absolute Gasteiger partial charge is 0.254 e. The number of carbonyl (C=O) groups excluding carboxylic acids is 1. The Morgan fingerprint density at radius 3 is 2.60 bits per heavy atom. The Bertz CT molecular complexity index is 599. The Morgan fingerprint density at radius 2 is 2.00 bits per heavy atom. The fraction of sp³-hybridized carbons (Fsp3) is 0.538. The number of nitrogens with zero attached hydrogens (tertiary/aromatic N) is 2. The van der Waals surface area contributed by atoms with E-state index in [4.69, 9.17) is 5.73 Å². The van der Waals surface area contributed by atoms with Gasteiger partial charge in [-0.1, -0.05) is 13.3 Å². The van der Waals surface area contributed by atoms with Crippen LogP contribution < -0.4 is 5.73 Å². The van der Waals surface area contributed by atoms with Crippen molar-refractivity contribution < 1.29 is 13.2 Å². The summed E-state index contributed by atoms with van der Waals surface area (Å²) in [6.07, 6.45) is 1.69. The number of aromatic nitrogens is 1. The van der Waals surface area contributed by atoms with Crippen LogP contribution in [0.3, 0.4) is 0 Å². The first kappa shape index (κ1) is 14.8. The van der Waals surface area contributed by atoms with E-state index in [0.717, 1.165) is 18.5 Å². The SMILES string of the molecule is CCCc1cc(C(=O)N2CCS(=O)(=O)CC2)cc(N)n1. The highest BCUT2D eigenvalue weighted by Gasteiger charge is 2.26. The summed E-state index contributed by atoms with van der Waals surface area (Å²) in [5.74, 6) is 0.206. The number of nitrogens with two attached hydrogens (primary N) is 1. The van der Waals surface area contributed by atoms with Gasteiger partial charge in [0.1, 0.15) is 5.82 Å². The summed E-state index contributed by atoms with van der Waals surface area (Å²) in [5, 5.41) is 0. The van der Waals surface area contributed by atoms with Gasteiger partial charge >= 0.3 is 0 Å². The van der Waals surface area contributed by atoms with Crippen molar-refractivity contribution in [2.45, 2.75) is 19.8 Å². The molecular weight excluding hydrogens is 278 g/mol. The molecule has 6 nitrogen and oxygen atoms in total. The van der Waals surface area contributed by atoms with Crippen LogP contribution in [0, 0.1) is 0 Å². The first-order valence-electron chi connectivity index (χ1n) is 6.67. The third-order valence-electron chi connectivity index (χ3n) is 3.28. The second kappa shape index (κ2) is 5.78. The van der Waals surface area contributed by atoms with Gasteiger partial charge < -0.3 is 10.6 Å². The molecule has 0 saturated carbocycles. The molecule has 1 saturated heterocycles. The van der Waals surface area contributed by atoms with Gasteiger partial charge in [0.05, 0.1) is 11.5 Å². The number of nitrogen functional groups attached to an aromatic ring is 1. The molecule has 1 aromatic heterocycles. The van der Waals surface area contributed by atoms with Crippen LogP contribution in [-0.2, 0) is 16.3 Å². The number of carbonyl (C=O) groups is 1. The van der Waals surface area contributed by atoms with Gasteiger partial charge in [0.25, 0.3) is 5.91 Å². The van der Waals surface area contributed by atoms with Crippen molar-refractivity contribution in [1.82, 2.24) is 9.88 Å². The predicted octanol–water partition coefficient (Wildman–Crippen LogP) is 0.487. The minimum atomic E-state index is -2.99. The maximum Gasteiger partial charge on any atom is 0.254 e. The number of hydrogen-bond donors (Lipinski definition) is 1. The van der Waals surface area contributed by atoms with Crippen molar-refractivity contribution in [3.05, 3.63) is 23.4 Å². The first-order valence-corrected chi connectivity index (χ1v) is 8.49. The summed E-state index contributed by atoms with van der Waals surface area (Å²) in [4.78, 5) is 18.1. The lowest BCUT2D eigenvalue weighted by atomic mass is 10.1. The van der Waals surface area contributed by atoms with Gasteiger partial charge in [-0.05, 0) is 18.6 Å². The maximum atomic E-state index is 12.4. The molecule has 20 heavy (non-hydrogen) atoms. The van der Waals surface area contributed by atoms with Gasteiger partial charge in [0, 0.05) is 24.3 Å². The average molecular weight is 297 g/mol. The van der Waals surface area contributed by atoms with E-state index in [2.05, 4.69) is 4.98 Å². The summed E-state index contributed by atoms with van der Waals surface area (Å²) >= 11 is 0. The molecule has 0 atom stereocenters. The topological polar surface area (TPSA) is 93.4 Å². The van der Waals surface area contributed by atoms with E-state index in [1.807, 2.05) is 6.92 Å². The highest BCUT2D eigenvalue weighted by molar-refractivity contribution is 7.91. The molecule has 7 heteroatoms. The van der Waals surface area contributed by atoms with Gasteiger partial charge in [-0.25, -0.2) is 13.4 Å². The van der Waals surface area contributed by atoms with Crippen molar-refractivity contribution in [1.29, 1.82) is 0 Å². The fourth-order valence-electron chi connectivity index (χ4n) is 2.22. The molecule has 0 aromatic carbocycles. The Labute approximate surface area is 118 Å². The van der Waals surface area contributed by atoms with Gasteiger partial charge in [-0.15, -0.1) is 0 Å². The van der Waals surface area contributed by atoms with Crippen molar-refractivity contribution in [2.75, 3.05) is 30.3 Å². The summed E-state index contributed by atoms with van der Waals surface area (Å²) in [6.45, 7) is 2.51. The molecule has 1 fully saturated rings. The molecule has 0 bridgehead atoms. The molecule has 0 aliphatic carbocycles. The number of aryl methyl sites for hydroxylation is 1. The fourth-order valence-corrected chi connectivity index (χ4v) is 3.42. The number of amides is 1. The Kier molecular flexibility index (Phi) is 4.27. The van der Waals surface area contributed by atoms with Crippen LogP contribution >= 0.6 is 0 Å². The number of hydrogen-bond acceptors (Lipinski definition) is 5. The molecule has 0 radical (unpaired) electrons. The summed E-state index contributed by atoms with van der Waals surface area (Å²) in [6, 6.07) is 3.29. The van der Waals surface area contributed by atoms with Crippen LogP contribution in [0.5, 0.6) is 0 Å². The third kappa shape index (κ3) is 3.47. The molecule has 110 valence electrons. The monoisotopic (exact) mass is 297 g/mol. The van der Waals surface area contributed by atoms with E-state index in [-0.39, 0.29) is 30.5 Å². The van der Waals surface area contributed by atoms with Gasteiger partial charge in [0.15, 0.2) is 9.84 Å². The lowest BCUT2D eigenvalue weighted by Gasteiger charge is -2.26. The van der Waals surface area contributed by atoms with E-state index in [9.17, 15) is 13.2 Å². The standard InChI is InChI=1S/C13H19N3O3S/c1-2-3-11-8-10(9-12(14)15-11)13(17)16-4-6-20(18,19)7-5-16/h8-9H,2-7H2,1H3,(H2,14,15). The van der Waals surface area contributed by atoms with Gasteiger partial charge in [-0.3, -0.25) is 4.79 Å². The number of rotatable bonds is 3. The zero-order valence-electron chi connectivity index (χ0n) is 11.5. The van der Waals surface area contributed by atoms with Crippen LogP contribution in [0.15, 0.2) is 12.1 Å². The van der Waals surface area contributed by atoms with E-state index < -0.39 is 9.84 Å². The highest BCUT2D eigenvalue weighted by atomic mass is 32.2. The van der Waals surface area contributed by atoms with E-state index >= 15 is 0 Å². The lowest BCUT2D eigenvalue weighted by molar-refractivity contribution is 0.0770. The second-order valence-electron chi connectivity index (χ2n) is 4.97. The third-order valence-corrected chi connectivity index (χ3v) is 4.89. The first-order chi connectivity index (χ1) is 9.41. The molecule has 0 spiro atoms. The molecule has 1 aliphatic heterocycles. The van der Waals surface area contributed by atoms with Crippen molar-refractivity contribution in [3.63, 3.8) is 0 Å². The number of pyridine rings is 1. The second-order valence-corrected chi connectivity index (χ2v) is 7.27. The Morgan fingerprint density at radius 1 is 1.35 bits per heavy atom. The zero-order chi connectivity index (χ0) is 14.8. The zero-order valence-corrected chi connectivity index (χ0v) is 12.3. The van der Waals surface area contributed by atoms with Crippen molar-refractivity contribution in [3.8, 4) is 0 Å². The molecule has 1 aliphatic rings. The van der Waals surface area contributed by atoms with E-state index in [1.54, 1.807) is 17.0 Å². The number of sulfone groups is 1. The summed E-state index contributed by atoms with van der Waals surface area (Å²) < 4.78 is 22.8. The normalized spacial score (nSPS) is 17.9. The largest absolute Gasteiger partial charge is 0.384 e. The minimum Gasteiger partial charge on any atom is -0.384 e. The average Bonchev–Trinajstić information content (AvgIpc) is 2.37. The maximum absolute atomic E-state index is 12.4. The van der Waals surface area contributed by atoms with Gasteiger partial charge in [0.2, 0.25) is 0 Å². The van der Waals surface area contributed by atoms with Crippen LogP contribution in [0.4, 0.5) is 5.82 Å². The molecule has 1 aromatic rings.